The first-order valence-electron chi connectivity index (χ1n) is 11.8. The number of carbonyl (C=O) groups excluding carboxylic acids is 1. The first kappa shape index (κ1) is 25.7. The van der Waals surface area contributed by atoms with Crippen LogP contribution in [-0.4, -0.2) is 32.8 Å². The number of methoxy groups -OCH3 is 1. The van der Waals surface area contributed by atoms with E-state index in [1.165, 1.54) is 31.8 Å². The minimum absolute atomic E-state index is 0.144. The highest BCUT2D eigenvalue weighted by atomic mass is 35.5. The van der Waals surface area contributed by atoms with Crippen LogP contribution in [0, 0.1) is 0 Å². The highest BCUT2D eigenvalue weighted by Crippen LogP contribution is 2.25. The minimum atomic E-state index is -0.552. The summed E-state index contributed by atoms with van der Waals surface area (Å²) in [7, 11) is 1.29. The molecule has 0 spiro atoms. The van der Waals surface area contributed by atoms with Gasteiger partial charge in [0, 0.05) is 47.2 Å². The summed E-state index contributed by atoms with van der Waals surface area (Å²) in [5.74, 6) is 0.790. The van der Waals surface area contributed by atoms with E-state index in [-0.39, 0.29) is 17.8 Å². The number of aromatic nitrogens is 4. The smallest absolute Gasteiger partial charge is 0.356 e. The molecule has 1 N–H and O–H groups in total. The van der Waals surface area contributed by atoms with Gasteiger partial charge in [0.1, 0.15) is 17.8 Å². The summed E-state index contributed by atoms with van der Waals surface area (Å²) in [4.78, 5) is 33.7. The molecule has 0 radical (unpaired) electrons. The van der Waals surface area contributed by atoms with Crippen LogP contribution in [0.3, 0.4) is 0 Å². The highest BCUT2D eigenvalue weighted by molar-refractivity contribution is 6.30. The molecule has 0 amide bonds. The zero-order valence-electron chi connectivity index (χ0n) is 20.7. The number of hydrogen-bond donors (Lipinski definition) is 1. The Hall–Kier alpha value is -4.96. The van der Waals surface area contributed by atoms with E-state index in [1.807, 2.05) is 12.1 Å². The van der Waals surface area contributed by atoms with Crippen LogP contribution in [0.5, 0.6) is 11.5 Å². The first-order chi connectivity index (χ1) is 19.0. The van der Waals surface area contributed by atoms with Crippen LogP contribution in [0.25, 0.3) is 0 Å². The molecule has 11 heteroatoms. The van der Waals surface area contributed by atoms with Gasteiger partial charge < -0.3 is 19.3 Å². The van der Waals surface area contributed by atoms with Crippen molar-refractivity contribution in [1.82, 2.24) is 19.7 Å². The van der Waals surface area contributed by atoms with Crippen molar-refractivity contribution in [3.63, 3.8) is 0 Å². The average molecular weight is 544 g/mol. The van der Waals surface area contributed by atoms with Crippen LogP contribution in [-0.2, 0) is 17.7 Å². The third-order valence-corrected chi connectivity index (χ3v) is 5.96. The molecule has 3 heterocycles. The Morgan fingerprint density at radius 1 is 1.03 bits per heavy atom. The lowest BCUT2D eigenvalue weighted by Crippen LogP contribution is -2.27. The third-order valence-electron chi connectivity index (χ3n) is 5.71. The normalized spacial score (nSPS) is 10.7. The van der Waals surface area contributed by atoms with Gasteiger partial charge in [0.05, 0.1) is 19.3 Å². The Balaban J connectivity index is 1.38. The molecule has 5 aromatic rings. The van der Waals surface area contributed by atoms with Crippen LogP contribution in [0.2, 0.25) is 5.02 Å². The predicted molar refractivity (Wildman–Crippen MR) is 144 cm³/mol. The molecule has 0 atom stereocenters. The second-order valence-corrected chi connectivity index (χ2v) is 8.85. The lowest BCUT2D eigenvalue weighted by Gasteiger charge is -2.15. The Labute approximate surface area is 227 Å². The van der Waals surface area contributed by atoms with E-state index in [4.69, 9.17) is 25.6 Å². The van der Waals surface area contributed by atoms with E-state index in [0.717, 1.165) is 5.56 Å². The molecule has 0 saturated carbocycles. The van der Waals surface area contributed by atoms with Gasteiger partial charge in [-0.1, -0.05) is 28.9 Å². The van der Waals surface area contributed by atoms with Gasteiger partial charge in [-0.15, -0.1) is 0 Å². The molecule has 2 aromatic carbocycles. The van der Waals surface area contributed by atoms with Crippen LogP contribution in [0.15, 0.2) is 94.7 Å². The van der Waals surface area contributed by atoms with E-state index < -0.39 is 5.97 Å². The molecule has 0 aliphatic heterocycles. The van der Waals surface area contributed by atoms with Crippen molar-refractivity contribution in [1.29, 1.82) is 0 Å². The molecule has 3 aromatic heterocycles. The molecule has 0 aliphatic rings. The molecule has 0 aliphatic carbocycles. The SMILES string of the molecule is COC(=O)c1cc(Oc2ccc(Nc3ncc(Cc4ccon4)c(=O)n3Cc3ccc(Cl)cc3)cc2)ccn1. The summed E-state index contributed by atoms with van der Waals surface area (Å²) in [6, 6.07) is 19.2. The van der Waals surface area contributed by atoms with Gasteiger partial charge in [-0.05, 0) is 48.0 Å². The van der Waals surface area contributed by atoms with Crippen LogP contribution in [0.1, 0.15) is 27.3 Å². The maximum atomic E-state index is 13.5. The Morgan fingerprint density at radius 2 is 1.82 bits per heavy atom. The van der Waals surface area contributed by atoms with E-state index in [0.29, 0.717) is 45.8 Å². The third kappa shape index (κ3) is 6.31. The summed E-state index contributed by atoms with van der Waals surface area (Å²) in [6.07, 6.45) is 4.76. The molecular weight excluding hydrogens is 522 g/mol. The number of rotatable bonds is 9. The number of carbonyl (C=O) groups is 1. The number of benzene rings is 2. The van der Waals surface area contributed by atoms with Crippen molar-refractivity contribution >= 4 is 29.2 Å². The van der Waals surface area contributed by atoms with E-state index in [2.05, 4.69) is 20.4 Å². The second-order valence-electron chi connectivity index (χ2n) is 8.41. The molecule has 0 unspecified atom stereocenters. The molecule has 0 bridgehead atoms. The molecule has 39 heavy (non-hydrogen) atoms. The van der Waals surface area contributed by atoms with Gasteiger partial charge in [0.25, 0.3) is 5.56 Å². The summed E-state index contributed by atoms with van der Waals surface area (Å²) in [5.41, 5.74) is 2.63. The number of ether oxygens (including phenoxy) is 2. The zero-order valence-corrected chi connectivity index (χ0v) is 21.5. The summed E-state index contributed by atoms with van der Waals surface area (Å²) in [5, 5.41) is 7.73. The van der Waals surface area contributed by atoms with Crippen LogP contribution in [0.4, 0.5) is 11.6 Å². The predicted octanol–water partition coefficient (Wildman–Crippen LogP) is 5.24. The van der Waals surface area contributed by atoms with Gasteiger partial charge in [0.15, 0.2) is 5.69 Å². The molecule has 196 valence electrons. The Kier molecular flexibility index (Phi) is 7.65. The highest BCUT2D eigenvalue weighted by Gasteiger charge is 2.14. The number of hydrogen-bond acceptors (Lipinski definition) is 9. The summed E-state index contributed by atoms with van der Waals surface area (Å²) < 4.78 is 17.0. The second kappa shape index (κ2) is 11.6. The van der Waals surface area contributed by atoms with Crippen molar-refractivity contribution in [2.45, 2.75) is 13.0 Å². The fourth-order valence-electron chi connectivity index (χ4n) is 3.76. The molecular formula is C28H22ClN5O5. The maximum Gasteiger partial charge on any atom is 0.356 e. The molecule has 10 nitrogen and oxygen atoms in total. The monoisotopic (exact) mass is 543 g/mol. The Bertz CT molecular complexity index is 1640. The lowest BCUT2D eigenvalue weighted by atomic mass is 10.2. The van der Waals surface area contributed by atoms with Crippen LogP contribution >= 0.6 is 11.6 Å². The van der Waals surface area contributed by atoms with Gasteiger partial charge in [0.2, 0.25) is 5.95 Å². The van der Waals surface area contributed by atoms with Gasteiger partial charge >= 0.3 is 5.97 Å². The fraction of sp³-hybridized carbons (Fsp3) is 0.107. The van der Waals surface area contributed by atoms with Crippen LogP contribution < -0.4 is 15.6 Å². The van der Waals surface area contributed by atoms with Crippen molar-refractivity contribution in [2.24, 2.45) is 0 Å². The van der Waals surface area contributed by atoms with Crippen molar-refractivity contribution in [3.05, 3.63) is 123 Å². The largest absolute Gasteiger partial charge is 0.464 e. The maximum absolute atomic E-state index is 13.5. The minimum Gasteiger partial charge on any atom is -0.464 e. The van der Waals surface area contributed by atoms with Gasteiger partial charge in [-0.3, -0.25) is 9.36 Å². The molecule has 0 saturated heterocycles. The van der Waals surface area contributed by atoms with E-state index in [1.54, 1.807) is 53.1 Å². The molecule has 0 fully saturated rings. The van der Waals surface area contributed by atoms with Crippen molar-refractivity contribution < 1.29 is 18.8 Å². The topological polar surface area (TPSA) is 121 Å². The average Bonchev–Trinajstić information content (AvgIpc) is 3.47. The number of nitrogens with one attached hydrogen (secondary N) is 1. The number of pyridine rings is 1. The number of esters is 1. The standard InChI is InChI=1S/C28H22ClN5O5/c1-37-27(36)25-15-24(10-12-30-25)39-23-8-6-21(7-9-23)32-28-31-16-19(14-22-11-13-38-33-22)26(35)34(28)17-18-2-4-20(29)5-3-18/h2-13,15-16H,14,17H2,1H3,(H,31,32). The van der Waals surface area contributed by atoms with Gasteiger partial charge in [-0.25, -0.2) is 14.8 Å². The number of anilines is 2. The summed E-state index contributed by atoms with van der Waals surface area (Å²) >= 11 is 6.04. The number of nitrogens with zero attached hydrogens (tertiary/aromatic N) is 4. The summed E-state index contributed by atoms with van der Waals surface area (Å²) in [6.45, 7) is 0.282. The molecule has 5 rings (SSSR count). The zero-order chi connectivity index (χ0) is 27.2. The van der Waals surface area contributed by atoms with E-state index in [9.17, 15) is 9.59 Å². The first-order valence-corrected chi connectivity index (χ1v) is 12.2. The van der Waals surface area contributed by atoms with Crippen molar-refractivity contribution in [2.75, 3.05) is 12.4 Å². The lowest BCUT2D eigenvalue weighted by molar-refractivity contribution is 0.0593. The van der Waals surface area contributed by atoms with Crippen molar-refractivity contribution in [3.8, 4) is 11.5 Å². The quantitative estimate of drug-likeness (QED) is 0.249. The van der Waals surface area contributed by atoms with E-state index >= 15 is 0 Å². The number of halogens is 1. The van der Waals surface area contributed by atoms with Gasteiger partial charge in [-0.2, -0.15) is 0 Å². The fourth-order valence-corrected chi connectivity index (χ4v) is 3.89. The Morgan fingerprint density at radius 3 is 2.54 bits per heavy atom.